The molecule has 0 radical (unpaired) electrons. The lowest BCUT2D eigenvalue weighted by atomic mass is 9.70. The van der Waals surface area contributed by atoms with Gasteiger partial charge in [0, 0.05) is 6.42 Å². The van der Waals surface area contributed by atoms with E-state index in [2.05, 4.69) is 0 Å². The summed E-state index contributed by atoms with van der Waals surface area (Å²) in [5.41, 5.74) is 0.516. The van der Waals surface area contributed by atoms with Crippen molar-refractivity contribution in [3.63, 3.8) is 0 Å². The van der Waals surface area contributed by atoms with E-state index in [1.165, 1.54) is 12.0 Å². The maximum atomic E-state index is 12.0. The predicted octanol–water partition coefficient (Wildman–Crippen LogP) is 1.23. The van der Waals surface area contributed by atoms with E-state index in [4.69, 9.17) is 4.74 Å². The van der Waals surface area contributed by atoms with Crippen LogP contribution in [0.5, 0.6) is 0 Å². The van der Waals surface area contributed by atoms with Crippen LogP contribution in [0.4, 0.5) is 4.79 Å². The second-order valence-electron chi connectivity index (χ2n) is 5.45. The number of methoxy groups -OCH3 is 1. The Morgan fingerprint density at radius 3 is 2.95 bits per heavy atom. The molecule has 2 unspecified atom stereocenters. The zero-order valence-electron chi connectivity index (χ0n) is 11.3. The number of carbonyl (C=O) groups is 2. The molecular formula is C15H17NO4. The normalized spacial score (nSPS) is 28.6. The Morgan fingerprint density at radius 2 is 2.20 bits per heavy atom. The van der Waals surface area contributed by atoms with Crippen molar-refractivity contribution in [1.29, 1.82) is 0 Å². The van der Waals surface area contributed by atoms with E-state index in [-0.39, 0.29) is 18.7 Å². The summed E-state index contributed by atoms with van der Waals surface area (Å²) >= 11 is 0. The van der Waals surface area contributed by atoms with E-state index in [0.29, 0.717) is 6.42 Å². The molecule has 0 aromatic heterocycles. The number of likely N-dealkylation sites (tertiary alicyclic amines) is 1. The standard InChI is InChI=1S/C15H17NO4/c1-20-14(18)16-9-11(17)8-15(19)12-5-3-2-4-10(12)6-7-13(15)16/h2-5,13,19H,6-9H2,1H3. The van der Waals surface area contributed by atoms with Gasteiger partial charge in [-0.1, -0.05) is 24.3 Å². The molecule has 1 amide bonds. The van der Waals surface area contributed by atoms with Crippen LogP contribution in [-0.2, 0) is 21.6 Å². The van der Waals surface area contributed by atoms with Crippen LogP contribution in [0, 0.1) is 0 Å². The van der Waals surface area contributed by atoms with Crippen LogP contribution in [-0.4, -0.2) is 41.6 Å². The summed E-state index contributed by atoms with van der Waals surface area (Å²) < 4.78 is 4.74. The minimum atomic E-state index is -1.29. The molecule has 5 nitrogen and oxygen atoms in total. The number of rotatable bonds is 0. The third kappa shape index (κ3) is 1.81. The molecule has 1 fully saturated rings. The van der Waals surface area contributed by atoms with Crippen LogP contribution >= 0.6 is 0 Å². The SMILES string of the molecule is COC(=O)N1CC(=O)CC2(O)c3ccccc3CCC12. The van der Waals surface area contributed by atoms with Crippen LogP contribution < -0.4 is 0 Å². The summed E-state index contributed by atoms with van der Waals surface area (Å²) in [6.07, 6.45) is 0.920. The number of Topliss-reactive ketones (excluding diaryl/α,β-unsaturated/α-hetero) is 1. The number of amides is 1. The molecule has 1 N–H and O–H groups in total. The molecule has 1 aromatic rings. The molecule has 2 atom stereocenters. The van der Waals surface area contributed by atoms with Gasteiger partial charge in [-0.15, -0.1) is 0 Å². The van der Waals surface area contributed by atoms with Gasteiger partial charge in [0.2, 0.25) is 0 Å². The topological polar surface area (TPSA) is 66.8 Å². The largest absolute Gasteiger partial charge is 0.453 e. The Bertz CT molecular complexity index is 571. The second kappa shape index (κ2) is 4.59. The Kier molecular flexibility index (Phi) is 3.01. The number of carbonyl (C=O) groups excluding carboxylic acids is 2. The molecule has 106 valence electrons. The van der Waals surface area contributed by atoms with Crippen molar-refractivity contribution in [3.8, 4) is 0 Å². The van der Waals surface area contributed by atoms with Crippen LogP contribution in [0.3, 0.4) is 0 Å². The summed E-state index contributed by atoms with van der Waals surface area (Å²) in [6, 6.07) is 7.18. The van der Waals surface area contributed by atoms with Crippen LogP contribution in [0.2, 0.25) is 0 Å². The van der Waals surface area contributed by atoms with Gasteiger partial charge >= 0.3 is 6.09 Å². The predicted molar refractivity (Wildman–Crippen MR) is 71.2 cm³/mol. The number of benzene rings is 1. The van der Waals surface area contributed by atoms with Crippen LogP contribution in [0.1, 0.15) is 24.0 Å². The lowest BCUT2D eigenvalue weighted by Gasteiger charge is -2.48. The molecule has 1 saturated heterocycles. The van der Waals surface area contributed by atoms with E-state index in [1.54, 1.807) is 0 Å². The van der Waals surface area contributed by atoms with E-state index in [0.717, 1.165) is 17.5 Å². The van der Waals surface area contributed by atoms with E-state index in [1.807, 2.05) is 24.3 Å². The fourth-order valence-electron chi connectivity index (χ4n) is 3.46. The molecule has 20 heavy (non-hydrogen) atoms. The van der Waals surface area contributed by atoms with Gasteiger partial charge in [-0.25, -0.2) is 4.79 Å². The number of hydrogen-bond acceptors (Lipinski definition) is 4. The highest BCUT2D eigenvalue weighted by Crippen LogP contribution is 2.43. The van der Waals surface area contributed by atoms with Gasteiger partial charge in [0.1, 0.15) is 5.60 Å². The van der Waals surface area contributed by atoms with E-state index < -0.39 is 17.7 Å². The number of nitrogens with zero attached hydrogens (tertiary/aromatic N) is 1. The van der Waals surface area contributed by atoms with Gasteiger partial charge in [0.05, 0.1) is 19.7 Å². The average Bonchev–Trinajstić information content (AvgIpc) is 2.45. The zero-order chi connectivity index (χ0) is 14.3. The molecule has 2 aliphatic rings. The van der Waals surface area contributed by atoms with Gasteiger partial charge in [0.25, 0.3) is 0 Å². The summed E-state index contributed by atoms with van der Waals surface area (Å²) in [6.45, 7) is 0.0157. The summed E-state index contributed by atoms with van der Waals surface area (Å²) in [5, 5.41) is 11.1. The number of fused-ring (bicyclic) bond motifs is 3. The molecule has 0 spiro atoms. The number of aliphatic hydroxyl groups is 1. The zero-order valence-corrected chi connectivity index (χ0v) is 11.3. The first-order valence-electron chi connectivity index (χ1n) is 6.73. The molecule has 5 heteroatoms. The Labute approximate surface area is 117 Å². The minimum absolute atomic E-state index is 0.0157. The summed E-state index contributed by atoms with van der Waals surface area (Å²) in [5.74, 6) is -0.147. The molecule has 1 aromatic carbocycles. The molecule has 0 saturated carbocycles. The van der Waals surface area contributed by atoms with E-state index >= 15 is 0 Å². The number of ether oxygens (including phenoxy) is 1. The number of ketones is 1. The number of hydrogen-bond donors (Lipinski definition) is 1. The van der Waals surface area contributed by atoms with Crippen LogP contribution in [0.15, 0.2) is 24.3 Å². The third-order valence-corrected chi connectivity index (χ3v) is 4.32. The van der Waals surface area contributed by atoms with Crippen molar-refractivity contribution < 1.29 is 19.4 Å². The smallest absolute Gasteiger partial charge is 0.410 e. The molecular weight excluding hydrogens is 258 g/mol. The maximum absolute atomic E-state index is 12.0. The molecule has 1 aliphatic carbocycles. The molecule has 3 rings (SSSR count). The van der Waals surface area contributed by atoms with Gasteiger partial charge in [-0.3, -0.25) is 9.69 Å². The maximum Gasteiger partial charge on any atom is 0.410 e. The fraction of sp³-hybridized carbons (Fsp3) is 0.467. The Morgan fingerprint density at radius 1 is 1.45 bits per heavy atom. The Balaban J connectivity index is 2.07. The quantitative estimate of drug-likeness (QED) is 0.773. The highest BCUT2D eigenvalue weighted by atomic mass is 16.5. The second-order valence-corrected chi connectivity index (χ2v) is 5.45. The summed E-state index contributed by atoms with van der Waals surface area (Å²) in [7, 11) is 1.29. The van der Waals surface area contributed by atoms with Crippen molar-refractivity contribution in [2.75, 3.05) is 13.7 Å². The highest BCUT2D eigenvalue weighted by Gasteiger charge is 2.51. The monoisotopic (exact) mass is 275 g/mol. The molecule has 1 heterocycles. The first-order chi connectivity index (χ1) is 9.56. The minimum Gasteiger partial charge on any atom is -0.453 e. The lowest BCUT2D eigenvalue weighted by Crippen LogP contribution is -2.61. The van der Waals surface area contributed by atoms with Gasteiger partial charge in [0.15, 0.2) is 5.78 Å². The van der Waals surface area contributed by atoms with Gasteiger partial charge in [-0.2, -0.15) is 0 Å². The third-order valence-electron chi connectivity index (χ3n) is 4.32. The van der Waals surface area contributed by atoms with Crippen molar-refractivity contribution in [3.05, 3.63) is 35.4 Å². The molecule has 0 bridgehead atoms. The van der Waals surface area contributed by atoms with Crippen LogP contribution in [0.25, 0.3) is 0 Å². The van der Waals surface area contributed by atoms with Crippen molar-refractivity contribution >= 4 is 11.9 Å². The molecule has 1 aliphatic heterocycles. The first kappa shape index (κ1) is 13.1. The van der Waals surface area contributed by atoms with Crippen molar-refractivity contribution in [1.82, 2.24) is 4.90 Å². The van der Waals surface area contributed by atoms with Gasteiger partial charge < -0.3 is 9.84 Å². The number of aryl methyl sites for hydroxylation is 1. The summed E-state index contributed by atoms with van der Waals surface area (Å²) in [4.78, 5) is 25.2. The number of piperidine rings is 1. The van der Waals surface area contributed by atoms with Crippen molar-refractivity contribution in [2.24, 2.45) is 0 Å². The lowest BCUT2D eigenvalue weighted by molar-refractivity contribution is -0.141. The highest BCUT2D eigenvalue weighted by molar-refractivity contribution is 5.87. The average molecular weight is 275 g/mol. The van der Waals surface area contributed by atoms with E-state index in [9.17, 15) is 14.7 Å². The van der Waals surface area contributed by atoms with Crippen molar-refractivity contribution in [2.45, 2.75) is 30.9 Å². The fourth-order valence-corrected chi connectivity index (χ4v) is 3.46. The first-order valence-corrected chi connectivity index (χ1v) is 6.73. The Hall–Kier alpha value is -1.88. The van der Waals surface area contributed by atoms with Gasteiger partial charge in [-0.05, 0) is 24.0 Å².